The van der Waals surface area contributed by atoms with E-state index in [9.17, 15) is 14.4 Å². The molecular formula is C17H24N2O5S. The van der Waals surface area contributed by atoms with Crippen LogP contribution in [0.15, 0.2) is 30.3 Å². The van der Waals surface area contributed by atoms with E-state index in [2.05, 4.69) is 15.4 Å². The van der Waals surface area contributed by atoms with Crippen LogP contribution >= 0.6 is 11.8 Å². The van der Waals surface area contributed by atoms with Gasteiger partial charge in [0.25, 0.3) is 0 Å². The Labute approximate surface area is 151 Å². The molecule has 0 aliphatic rings. The molecule has 0 bridgehead atoms. The summed E-state index contributed by atoms with van der Waals surface area (Å²) >= 11 is 1.55. The topological polar surface area (TPSA) is 93.7 Å². The molecule has 2 N–H and O–H groups in total. The average Bonchev–Trinajstić information content (AvgIpc) is 2.63. The van der Waals surface area contributed by atoms with Crippen molar-refractivity contribution in [2.45, 2.75) is 32.0 Å². The largest absolute Gasteiger partial charge is 0.467 e. The average molecular weight is 368 g/mol. The van der Waals surface area contributed by atoms with E-state index >= 15 is 0 Å². The number of carbonyl (C=O) groups excluding carboxylic acids is 3. The van der Waals surface area contributed by atoms with E-state index in [4.69, 9.17) is 4.74 Å². The van der Waals surface area contributed by atoms with Gasteiger partial charge in [-0.15, -0.1) is 0 Å². The number of hydrogen-bond acceptors (Lipinski definition) is 6. The van der Waals surface area contributed by atoms with Gasteiger partial charge in [-0.3, -0.25) is 4.79 Å². The molecule has 0 unspecified atom stereocenters. The van der Waals surface area contributed by atoms with Crippen LogP contribution in [0.3, 0.4) is 0 Å². The molecule has 0 fully saturated rings. The van der Waals surface area contributed by atoms with Crippen molar-refractivity contribution in [3.8, 4) is 0 Å². The molecule has 1 aromatic rings. The highest BCUT2D eigenvalue weighted by atomic mass is 32.2. The minimum atomic E-state index is -0.795. The highest BCUT2D eigenvalue weighted by Gasteiger charge is 2.24. The third-order valence-electron chi connectivity index (χ3n) is 3.35. The molecule has 1 rings (SSSR count). The predicted octanol–water partition coefficient (Wildman–Crippen LogP) is 1.71. The fourth-order valence-corrected chi connectivity index (χ4v) is 2.43. The summed E-state index contributed by atoms with van der Waals surface area (Å²) in [5, 5.41) is 5.07. The predicted molar refractivity (Wildman–Crippen MR) is 96.2 cm³/mol. The van der Waals surface area contributed by atoms with Gasteiger partial charge in [-0.1, -0.05) is 30.3 Å². The number of rotatable bonds is 9. The summed E-state index contributed by atoms with van der Waals surface area (Å²) in [4.78, 5) is 35.7. The fourth-order valence-electron chi connectivity index (χ4n) is 1.96. The summed E-state index contributed by atoms with van der Waals surface area (Å²) in [6.45, 7) is 1.63. The summed E-state index contributed by atoms with van der Waals surface area (Å²) in [6, 6.07) is 7.65. The lowest BCUT2D eigenvalue weighted by atomic mass is 10.2. The Morgan fingerprint density at radius 1 is 1.16 bits per heavy atom. The van der Waals surface area contributed by atoms with Crippen LogP contribution in [0.5, 0.6) is 0 Å². The summed E-state index contributed by atoms with van der Waals surface area (Å²) in [5.41, 5.74) is 0.849. The maximum Gasteiger partial charge on any atom is 0.408 e. The van der Waals surface area contributed by atoms with E-state index in [1.807, 2.05) is 36.6 Å². The van der Waals surface area contributed by atoms with Crippen molar-refractivity contribution < 1.29 is 23.9 Å². The van der Waals surface area contributed by atoms with Crippen LogP contribution in [0.2, 0.25) is 0 Å². The molecule has 1 aromatic carbocycles. The molecule has 0 saturated heterocycles. The van der Waals surface area contributed by atoms with Crippen molar-refractivity contribution in [1.29, 1.82) is 0 Å². The number of alkyl carbamates (subject to hydrolysis) is 1. The van der Waals surface area contributed by atoms with Crippen molar-refractivity contribution in [3.05, 3.63) is 35.9 Å². The van der Waals surface area contributed by atoms with Crippen molar-refractivity contribution in [2.75, 3.05) is 19.1 Å². The molecule has 7 nitrogen and oxygen atoms in total. The monoisotopic (exact) mass is 368 g/mol. The number of hydrogen-bond donors (Lipinski definition) is 2. The van der Waals surface area contributed by atoms with Gasteiger partial charge in [0, 0.05) is 0 Å². The number of carbonyl (C=O) groups is 3. The SMILES string of the molecule is COC(=O)[C@@H](C)NC(=O)[C@H](CCSC)NC(=O)OCc1ccccc1. The van der Waals surface area contributed by atoms with Crippen LogP contribution in [0.25, 0.3) is 0 Å². The van der Waals surface area contributed by atoms with Gasteiger partial charge < -0.3 is 20.1 Å². The molecule has 0 aromatic heterocycles. The van der Waals surface area contributed by atoms with Gasteiger partial charge in [0.2, 0.25) is 5.91 Å². The Hall–Kier alpha value is -2.22. The highest BCUT2D eigenvalue weighted by molar-refractivity contribution is 7.98. The zero-order chi connectivity index (χ0) is 18.7. The minimum Gasteiger partial charge on any atom is -0.467 e. The Balaban J connectivity index is 2.57. The van der Waals surface area contributed by atoms with Crippen LogP contribution in [-0.4, -0.2) is 49.2 Å². The molecule has 0 spiro atoms. The standard InChI is InChI=1S/C17H24N2O5S/c1-12(16(21)23-2)18-15(20)14(9-10-25-3)19-17(22)24-11-13-7-5-4-6-8-13/h4-8,12,14H,9-11H2,1-3H3,(H,18,20)(H,19,22)/t12-,14+/m1/s1. The summed E-state index contributed by atoms with van der Waals surface area (Å²) in [5.74, 6) is -0.337. The summed E-state index contributed by atoms with van der Waals surface area (Å²) < 4.78 is 9.71. The highest BCUT2D eigenvalue weighted by Crippen LogP contribution is 2.04. The van der Waals surface area contributed by atoms with E-state index in [-0.39, 0.29) is 6.61 Å². The number of ether oxygens (including phenoxy) is 2. The molecule has 8 heteroatoms. The minimum absolute atomic E-state index is 0.113. The molecule has 0 heterocycles. The van der Waals surface area contributed by atoms with Crippen molar-refractivity contribution in [3.63, 3.8) is 0 Å². The molecule has 0 aliphatic carbocycles. The number of amides is 2. The Morgan fingerprint density at radius 2 is 1.84 bits per heavy atom. The quantitative estimate of drug-likeness (QED) is 0.645. The molecule has 0 radical (unpaired) electrons. The van der Waals surface area contributed by atoms with E-state index in [0.717, 1.165) is 5.56 Å². The number of benzene rings is 1. The second-order valence-corrected chi connectivity index (χ2v) is 6.28. The lowest BCUT2D eigenvalue weighted by Crippen LogP contribution is -2.51. The second-order valence-electron chi connectivity index (χ2n) is 5.29. The molecule has 2 amide bonds. The molecular weight excluding hydrogens is 344 g/mol. The van der Waals surface area contributed by atoms with Crippen LogP contribution in [-0.2, 0) is 25.7 Å². The van der Waals surface area contributed by atoms with Gasteiger partial charge >= 0.3 is 12.1 Å². The van der Waals surface area contributed by atoms with Gasteiger partial charge in [-0.05, 0) is 30.9 Å². The third-order valence-corrected chi connectivity index (χ3v) is 3.99. The van der Waals surface area contributed by atoms with Gasteiger partial charge in [-0.2, -0.15) is 11.8 Å². The first kappa shape index (κ1) is 20.8. The smallest absolute Gasteiger partial charge is 0.408 e. The maximum absolute atomic E-state index is 12.3. The Bertz CT molecular complexity index is 567. The number of nitrogens with one attached hydrogen (secondary N) is 2. The third kappa shape index (κ3) is 7.93. The van der Waals surface area contributed by atoms with Crippen LogP contribution in [0, 0.1) is 0 Å². The molecule has 25 heavy (non-hydrogen) atoms. The Morgan fingerprint density at radius 3 is 2.44 bits per heavy atom. The van der Waals surface area contributed by atoms with Gasteiger partial charge in [0.05, 0.1) is 7.11 Å². The zero-order valence-corrected chi connectivity index (χ0v) is 15.4. The lowest BCUT2D eigenvalue weighted by molar-refractivity contribution is -0.144. The van der Waals surface area contributed by atoms with Gasteiger partial charge in [0.15, 0.2) is 0 Å². The molecule has 0 saturated carbocycles. The van der Waals surface area contributed by atoms with Crippen molar-refractivity contribution in [2.24, 2.45) is 0 Å². The molecule has 0 aliphatic heterocycles. The van der Waals surface area contributed by atoms with Crippen LogP contribution in [0.1, 0.15) is 18.9 Å². The lowest BCUT2D eigenvalue weighted by Gasteiger charge is -2.20. The van der Waals surface area contributed by atoms with E-state index < -0.39 is 30.1 Å². The molecule has 2 atom stereocenters. The van der Waals surface area contributed by atoms with Crippen LogP contribution in [0.4, 0.5) is 4.79 Å². The number of esters is 1. The fraction of sp³-hybridized carbons (Fsp3) is 0.471. The van der Waals surface area contributed by atoms with E-state index in [1.165, 1.54) is 14.0 Å². The molecule has 138 valence electrons. The first-order chi connectivity index (χ1) is 12.0. The first-order valence-corrected chi connectivity index (χ1v) is 9.21. The Kier molecular flexibility index (Phi) is 9.46. The van der Waals surface area contributed by atoms with Gasteiger partial charge in [-0.25, -0.2) is 9.59 Å². The van der Waals surface area contributed by atoms with Crippen molar-refractivity contribution >= 4 is 29.7 Å². The van der Waals surface area contributed by atoms with Crippen molar-refractivity contribution in [1.82, 2.24) is 10.6 Å². The van der Waals surface area contributed by atoms with Gasteiger partial charge in [0.1, 0.15) is 18.7 Å². The maximum atomic E-state index is 12.3. The van der Waals surface area contributed by atoms with Crippen LogP contribution < -0.4 is 10.6 Å². The van der Waals surface area contributed by atoms with E-state index in [0.29, 0.717) is 12.2 Å². The van der Waals surface area contributed by atoms with E-state index in [1.54, 1.807) is 11.8 Å². The summed E-state index contributed by atoms with van der Waals surface area (Å²) in [6.07, 6.45) is 1.64. The second kappa shape index (κ2) is 11.4. The number of thioether (sulfide) groups is 1. The number of methoxy groups -OCH3 is 1. The first-order valence-electron chi connectivity index (χ1n) is 7.82. The normalized spacial score (nSPS) is 12.6. The summed E-state index contributed by atoms with van der Waals surface area (Å²) in [7, 11) is 1.25. The zero-order valence-electron chi connectivity index (χ0n) is 14.6.